The summed E-state index contributed by atoms with van der Waals surface area (Å²) in [6, 6.07) is 2.04. The quantitative estimate of drug-likeness (QED) is 0.788. The Morgan fingerprint density at radius 3 is 2.50 bits per heavy atom. The fourth-order valence-electron chi connectivity index (χ4n) is 1.78. The van der Waals surface area contributed by atoms with E-state index in [0.29, 0.717) is 5.41 Å². The minimum absolute atomic E-state index is 0.439. The molecular weight excluding hydrogens is 308 g/mol. The number of rotatable bonds is 1. The molecule has 0 amide bonds. The molecule has 1 saturated heterocycles. The second-order valence-corrected chi connectivity index (χ2v) is 6.25. The molecule has 2 rings (SSSR count). The number of aromatic nitrogens is 1. The van der Waals surface area contributed by atoms with Crippen LogP contribution in [-0.2, 0) is 0 Å². The van der Waals surface area contributed by atoms with E-state index in [4.69, 9.17) is 0 Å². The van der Waals surface area contributed by atoms with E-state index in [1.54, 1.807) is 0 Å². The predicted molar refractivity (Wildman–Crippen MR) is 65.6 cm³/mol. The molecule has 0 unspecified atom stereocenters. The van der Waals surface area contributed by atoms with Gasteiger partial charge in [-0.15, -0.1) is 0 Å². The molecule has 1 fully saturated rings. The van der Waals surface area contributed by atoms with Gasteiger partial charge in [-0.1, -0.05) is 13.8 Å². The van der Waals surface area contributed by atoms with Gasteiger partial charge >= 0.3 is 0 Å². The van der Waals surface area contributed by atoms with Gasteiger partial charge in [-0.05, 0) is 43.3 Å². The molecule has 0 aromatic carbocycles. The molecule has 0 bridgehead atoms. The highest BCUT2D eigenvalue weighted by atomic mass is 79.9. The average molecular weight is 320 g/mol. The van der Waals surface area contributed by atoms with Crippen LogP contribution in [0.2, 0.25) is 0 Å². The Labute approximate surface area is 101 Å². The number of anilines is 1. The van der Waals surface area contributed by atoms with Crippen LogP contribution >= 0.6 is 31.9 Å². The highest BCUT2D eigenvalue weighted by molar-refractivity contribution is 9.11. The van der Waals surface area contributed by atoms with Crippen LogP contribution in [0.25, 0.3) is 0 Å². The largest absolute Gasteiger partial charge is 0.354 e. The van der Waals surface area contributed by atoms with Gasteiger partial charge in [0.2, 0.25) is 0 Å². The first-order valence-corrected chi connectivity index (χ1v) is 6.12. The van der Waals surface area contributed by atoms with E-state index in [2.05, 4.69) is 55.6 Å². The zero-order valence-corrected chi connectivity index (χ0v) is 11.4. The molecule has 4 heteroatoms. The van der Waals surface area contributed by atoms with Crippen LogP contribution in [0, 0.1) is 5.41 Å². The molecule has 0 N–H and O–H groups in total. The van der Waals surface area contributed by atoms with Crippen LogP contribution < -0.4 is 4.90 Å². The van der Waals surface area contributed by atoms with Crippen molar-refractivity contribution in [2.24, 2.45) is 5.41 Å². The first-order valence-electron chi connectivity index (χ1n) is 4.54. The number of halogens is 2. The van der Waals surface area contributed by atoms with Crippen LogP contribution in [0.1, 0.15) is 13.8 Å². The van der Waals surface area contributed by atoms with Crippen molar-refractivity contribution < 1.29 is 0 Å². The molecule has 1 aromatic rings. The molecule has 1 aromatic heterocycles. The third kappa shape index (κ3) is 1.96. The highest BCUT2D eigenvalue weighted by Gasteiger charge is 2.35. The summed E-state index contributed by atoms with van der Waals surface area (Å²) >= 11 is 6.92. The molecule has 0 spiro atoms. The maximum absolute atomic E-state index is 4.40. The zero-order chi connectivity index (χ0) is 10.3. The third-order valence-electron chi connectivity index (χ3n) is 2.33. The maximum Gasteiger partial charge on any atom is 0.142 e. The van der Waals surface area contributed by atoms with Crippen molar-refractivity contribution in [1.29, 1.82) is 0 Å². The second-order valence-electron chi connectivity index (χ2n) is 4.48. The number of pyridine rings is 1. The third-order valence-corrected chi connectivity index (χ3v) is 3.34. The van der Waals surface area contributed by atoms with Crippen LogP contribution in [0.15, 0.2) is 21.2 Å². The van der Waals surface area contributed by atoms with Crippen LogP contribution in [0.5, 0.6) is 0 Å². The lowest BCUT2D eigenvalue weighted by molar-refractivity contribution is 0.274. The van der Waals surface area contributed by atoms with Crippen molar-refractivity contribution in [3.63, 3.8) is 0 Å². The Morgan fingerprint density at radius 2 is 2.00 bits per heavy atom. The Morgan fingerprint density at radius 1 is 1.36 bits per heavy atom. The van der Waals surface area contributed by atoms with Crippen molar-refractivity contribution in [2.45, 2.75) is 13.8 Å². The lowest BCUT2D eigenvalue weighted by Gasteiger charge is -2.46. The first-order chi connectivity index (χ1) is 6.48. The van der Waals surface area contributed by atoms with E-state index in [9.17, 15) is 0 Å². The second kappa shape index (κ2) is 3.49. The lowest BCUT2D eigenvalue weighted by atomic mass is 9.84. The van der Waals surface area contributed by atoms with Gasteiger partial charge in [-0.2, -0.15) is 0 Å². The summed E-state index contributed by atoms with van der Waals surface area (Å²) in [4.78, 5) is 6.69. The van der Waals surface area contributed by atoms with Gasteiger partial charge in [0.05, 0.1) is 4.47 Å². The predicted octanol–water partition coefficient (Wildman–Crippen LogP) is 3.45. The first kappa shape index (κ1) is 10.4. The molecule has 1 aliphatic rings. The summed E-state index contributed by atoms with van der Waals surface area (Å²) in [5, 5.41) is 0. The zero-order valence-electron chi connectivity index (χ0n) is 8.22. The summed E-state index contributed by atoms with van der Waals surface area (Å²) in [6.45, 7) is 6.72. The van der Waals surface area contributed by atoms with Crippen molar-refractivity contribution in [3.05, 3.63) is 21.2 Å². The molecule has 0 saturated carbocycles. The van der Waals surface area contributed by atoms with E-state index in [-0.39, 0.29) is 0 Å². The Kier molecular flexibility index (Phi) is 2.60. The summed E-state index contributed by atoms with van der Waals surface area (Å²) < 4.78 is 2.07. The summed E-state index contributed by atoms with van der Waals surface area (Å²) in [7, 11) is 0. The van der Waals surface area contributed by atoms with E-state index in [1.165, 1.54) is 0 Å². The van der Waals surface area contributed by atoms with Gasteiger partial charge in [0.25, 0.3) is 0 Å². The van der Waals surface area contributed by atoms with Gasteiger partial charge in [-0.3, -0.25) is 0 Å². The monoisotopic (exact) mass is 318 g/mol. The molecule has 0 aliphatic carbocycles. The summed E-state index contributed by atoms with van der Waals surface area (Å²) in [5.41, 5.74) is 0.439. The van der Waals surface area contributed by atoms with Crippen LogP contribution in [0.3, 0.4) is 0 Å². The smallest absolute Gasteiger partial charge is 0.142 e. The lowest BCUT2D eigenvalue weighted by Crippen LogP contribution is -2.53. The maximum atomic E-state index is 4.40. The molecule has 76 valence electrons. The van der Waals surface area contributed by atoms with Gasteiger partial charge in [0.15, 0.2) is 0 Å². The Bertz CT molecular complexity index is 355. The normalized spacial score (nSPS) is 19.3. The fraction of sp³-hybridized carbons (Fsp3) is 0.500. The topological polar surface area (TPSA) is 16.1 Å². The summed E-state index contributed by atoms with van der Waals surface area (Å²) in [6.07, 6.45) is 1.84. The molecular formula is C10H12Br2N2. The molecule has 0 radical (unpaired) electrons. The van der Waals surface area contributed by atoms with Crippen molar-refractivity contribution in [1.82, 2.24) is 4.98 Å². The van der Waals surface area contributed by atoms with E-state index in [1.807, 2.05) is 12.3 Å². The number of nitrogens with zero attached hydrogens (tertiary/aromatic N) is 2. The van der Waals surface area contributed by atoms with Crippen LogP contribution in [-0.4, -0.2) is 18.1 Å². The fourth-order valence-corrected chi connectivity index (χ4v) is 3.02. The minimum atomic E-state index is 0.439. The van der Waals surface area contributed by atoms with Gasteiger partial charge in [0.1, 0.15) is 5.82 Å². The molecule has 1 aliphatic heterocycles. The van der Waals surface area contributed by atoms with E-state index in [0.717, 1.165) is 27.9 Å². The Hall–Kier alpha value is -0.0900. The SMILES string of the molecule is CC1(C)CN(c2ncc(Br)cc2Br)C1. The minimum Gasteiger partial charge on any atom is -0.354 e. The van der Waals surface area contributed by atoms with E-state index < -0.39 is 0 Å². The van der Waals surface area contributed by atoms with E-state index >= 15 is 0 Å². The van der Waals surface area contributed by atoms with Gasteiger partial charge in [-0.25, -0.2) is 4.98 Å². The van der Waals surface area contributed by atoms with Gasteiger partial charge < -0.3 is 4.90 Å². The Balaban J connectivity index is 2.19. The molecule has 2 nitrogen and oxygen atoms in total. The molecule has 0 atom stereocenters. The molecule has 14 heavy (non-hydrogen) atoms. The van der Waals surface area contributed by atoms with Crippen molar-refractivity contribution >= 4 is 37.7 Å². The molecule has 2 heterocycles. The van der Waals surface area contributed by atoms with Crippen molar-refractivity contribution in [3.8, 4) is 0 Å². The standard InChI is InChI=1S/C10H12Br2N2/c1-10(2)5-14(6-10)9-8(12)3-7(11)4-13-9/h3-4H,5-6H2,1-2H3. The van der Waals surface area contributed by atoms with Crippen LogP contribution in [0.4, 0.5) is 5.82 Å². The average Bonchev–Trinajstić information content (AvgIpc) is 2.00. The number of hydrogen-bond acceptors (Lipinski definition) is 2. The summed E-state index contributed by atoms with van der Waals surface area (Å²) in [5.74, 6) is 1.05. The highest BCUT2D eigenvalue weighted by Crippen LogP contribution is 2.36. The van der Waals surface area contributed by atoms with Crippen molar-refractivity contribution in [2.75, 3.05) is 18.0 Å². The number of hydrogen-bond donors (Lipinski definition) is 0. The van der Waals surface area contributed by atoms with Gasteiger partial charge in [0, 0.05) is 23.8 Å².